The number of carboxylic acids is 2. The lowest BCUT2D eigenvalue weighted by Gasteiger charge is -2.29. The Balaban J connectivity index is 2.48. The van der Waals surface area contributed by atoms with Crippen molar-refractivity contribution < 1.29 is 24.6 Å². The largest absolute Gasteiger partial charge is 0.481 e. The van der Waals surface area contributed by atoms with Crippen LogP contribution in [-0.2, 0) is 16.0 Å². The van der Waals surface area contributed by atoms with Crippen molar-refractivity contribution in [3.8, 4) is 0 Å². The summed E-state index contributed by atoms with van der Waals surface area (Å²) in [6.07, 6.45) is -0.613. The lowest BCUT2D eigenvalue weighted by atomic mass is 9.71. The van der Waals surface area contributed by atoms with Gasteiger partial charge in [0.15, 0.2) is 5.78 Å². The van der Waals surface area contributed by atoms with Crippen LogP contribution in [0.5, 0.6) is 0 Å². The van der Waals surface area contributed by atoms with E-state index in [1.165, 1.54) is 0 Å². The number of carbonyl (C=O) groups is 3. The molecule has 5 heteroatoms. The van der Waals surface area contributed by atoms with E-state index in [1.807, 2.05) is 13.0 Å². The summed E-state index contributed by atoms with van der Waals surface area (Å²) in [5.74, 6) is -3.25. The Hall–Kier alpha value is -3.21. The van der Waals surface area contributed by atoms with Gasteiger partial charge in [0.25, 0.3) is 0 Å². The first-order valence-electron chi connectivity index (χ1n) is 8.06. The summed E-state index contributed by atoms with van der Waals surface area (Å²) in [6.45, 7) is 5.30. The molecule has 2 rings (SSSR count). The first kappa shape index (κ1) is 19.1. The van der Waals surface area contributed by atoms with E-state index in [9.17, 15) is 24.6 Å². The molecule has 2 aromatic rings. The van der Waals surface area contributed by atoms with Crippen molar-refractivity contribution in [2.24, 2.45) is 5.41 Å². The van der Waals surface area contributed by atoms with Crippen molar-refractivity contribution in [3.05, 3.63) is 83.4 Å². The molecule has 0 amide bonds. The van der Waals surface area contributed by atoms with Crippen LogP contribution in [0.1, 0.15) is 27.9 Å². The molecule has 1 unspecified atom stereocenters. The molecule has 0 fully saturated rings. The fourth-order valence-electron chi connectivity index (χ4n) is 2.90. The SMILES string of the molecule is C=C(C(=O)O)C(CC(=O)c1cccc(C)c1)(Cc1ccccc1)C(=O)O. The molecule has 0 spiro atoms. The zero-order chi connectivity index (χ0) is 19.3. The highest BCUT2D eigenvalue weighted by Crippen LogP contribution is 2.37. The van der Waals surface area contributed by atoms with Gasteiger partial charge in [-0.15, -0.1) is 0 Å². The summed E-state index contributed by atoms with van der Waals surface area (Å²) in [6, 6.07) is 15.4. The van der Waals surface area contributed by atoms with Crippen LogP contribution in [0.3, 0.4) is 0 Å². The molecule has 0 heterocycles. The Labute approximate surface area is 151 Å². The molecule has 0 saturated heterocycles. The molecule has 0 saturated carbocycles. The second-order valence-electron chi connectivity index (χ2n) is 6.30. The lowest BCUT2D eigenvalue weighted by Crippen LogP contribution is -2.40. The number of aryl methyl sites for hydroxylation is 1. The third-order valence-corrected chi connectivity index (χ3v) is 4.40. The van der Waals surface area contributed by atoms with E-state index in [4.69, 9.17) is 0 Å². The summed E-state index contributed by atoms with van der Waals surface area (Å²) >= 11 is 0. The van der Waals surface area contributed by atoms with Crippen LogP contribution in [0, 0.1) is 12.3 Å². The van der Waals surface area contributed by atoms with Gasteiger partial charge in [0.05, 0.1) is 0 Å². The molecule has 0 bridgehead atoms. The molecule has 0 aliphatic heterocycles. The highest BCUT2D eigenvalue weighted by atomic mass is 16.4. The summed E-state index contributed by atoms with van der Waals surface area (Å²) in [7, 11) is 0. The number of ketones is 1. The van der Waals surface area contributed by atoms with Crippen LogP contribution in [0.25, 0.3) is 0 Å². The lowest BCUT2D eigenvalue weighted by molar-refractivity contribution is -0.150. The number of hydrogen-bond donors (Lipinski definition) is 2. The van der Waals surface area contributed by atoms with Gasteiger partial charge in [-0.1, -0.05) is 60.7 Å². The van der Waals surface area contributed by atoms with E-state index in [2.05, 4.69) is 6.58 Å². The number of rotatable bonds is 8. The fraction of sp³-hybridized carbons (Fsp3) is 0.190. The predicted molar refractivity (Wildman–Crippen MR) is 97.1 cm³/mol. The van der Waals surface area contributed by atoms with E-state index < -0.39 is 35.1 Å². The third-order valence-electron chi connectivity index (χ3n) is 4.40. The van der Waals surface area contributed by atoms with Crippen molar-refractivity contribution in [3.63, 3.8) is 0 Å². The Bertz CT molecular complexity index is 854. The van der Waals surface area contributed by atoms with Gasteiger partial charge in [-0.05, 0) is 25.0 Å². The van der Waals surface area contributed by atoms with Crippen molar-refractivity contribution in [1.82, 2.24) is 0 Å². The normalized spacial score (nSPS) is 12.8. The molecule has 1 atom stereocenters. The van der Waals surface area contributed by atoms with E-state index >= 15 is 0 Å². The van der Waals surface area contributed by atoms with Crippen LogP contribution in [0.4, 0.5) is 0 Å². The van der Waals surface area contributed by atoms with E-state index in [-0.39, 0.29) is 6.42 Å². The first-order chi connectivity index (χ1) is 12.3. The fourth-order valence-corrected chi connectivity index (χ4v) is 2.90. The minimum atomic E-state index is -1.92. The molecule has 0 radical (unpaired) electrons. The van der Waals surface area contributed by atoms with Crippen LogP contribution in [0.15, 0.2) is 66.7 Å². The van der Waals surface area contributed by atoms with Gasteiger partial charge >= 0.3 is 11.9 Å². The Kier molecular flexibility index (Phi) is 5.72. The molecule has 5 nitrogen and oxygen atoms in total. The highest BCUT2D eigenvalue weighted by Gasteiger charge is 2.46. The Morgan fingerprint density at radius 3 is 2.19 bits per heavy atom. The second-order valence-corrected chi connectivity index (χ2v) is 6.30. The number of benzene rings is 2. The van der Waals surface area contributed by atoms with Gasteiger partial charge in [0.1, 0.15) is 5.41 Å². The smallest absolute Gasteiger partial charge is 0.332 e. The topological polar surface area (TPSA) is 91.7 Å². The first-order valence-corrected chi connectivity index (χ1v) is 8.06. The molecule has 26 heavy (non-hydrogen) atoms. The molecular formula is C21H20O5. The molecule has 134 valence electrons. The van der Waals surface area contributed by atoms with Crippen LogP contribution < -0.4 is 0 Å². The Morgan fingerprint density at radius 1 is 1.00 bits per heavy atom. The van der Waals surface area contributed by atoms with Gasteiger partial charge in [0, 0.05) is 17.6 Å². The van der Waals surface area contributed by atoms with Gasteiger partial charge < -0.3 is 10.2 Å². The zero-order valence-corrected chi connectivity index (χ0v) is 14.4. The van der Waals surface area contributed by atoms with Gasteiger partial charge in [-0.3, -0.25) is 9.59 Å². The average molecular weight is 352 g/mol. The molecule has 0 aromatic heterocycles. The molecule has 2 aromatic carbocycles. The monoisotopic (exact) mass is 352 g/mol. The Morgan fingerprint density at radius 2 is 1.65 bits per heavy atom. The molecule has 2 N–H and O–H groups in total. The summed E-state index contributed by atoms with van der Waals surface area (Å²) in [5, 5.41) is 19.3. The summed E-state index contributed by atoms with van der Waals surface area (Å²) in [5.41, 5.74) is -0.600. The number of carbonyl (C=O) groups excluding carboxylic acids is 1. The number of aliphatic carboxylic acids is 2. The molecule has 0 aliphatic carbocycles. The maximum absolute atomic E-state index is 12.7. The van der Waals surface area contributed by atoms with Crippen molar-refractivity contribution >= 4 is 17.7 Å². The van der Waals surface area contributed by atoms with Gasteiger partial charge in [0.2, 0.25) is 0 Å². The highest BCUT2D eigenvalue weighted by molar-refractivity contribution is 6.03. The van der Waals surface area contributed by atoms with Gasteiger partial charge in [-0.25, -0.2) is 4.79 Å². The van der Waals surface area contributed by atoms with Crippen molar-refractivity contribution in [1.29, 1.82) is 0 Å². The zero-order valence-electron chi connectivity index (χ0n) is 14.4. The van der Waals surface area contributed by atoms with Crippen molar-refractivity contribution in [2.45, 2.75) is 19.8 Å². The number of carboxylic acid groups (broad SMARTS) is 2. The third kappa shape index (κ3) is 4.06. The van der Waals surface area contributed by atoms with E-state index in [0.717, 1.165) is 5.56 Å². The van der Waals surface area contributed by atoms with Gasteiger partial charge in [-0.2, -0.15) is 0 Å². The van der Waals surface area contributed by atoms with Crippen LogP contribution in [0.2, 0.25) is 0 Å². The second kappa shape index (κ2) is 7.78. The molecular weight excluding hydrogens is 332 g/mol. The van der Waals surface area contributed by atoms with E-state index in [0.29, 0.717) is 11.1 Å². The average Bonchev–Trinajstić information content (AvgIpc) is 2.61. The maximum atomic E-state index is 12.7. The number of Topliss-reactive ketones (excluding diaryl/α,β-unsaturated/α-hetero) is 1. The summed E-state index contributed by atoms with van der Waals surface area (Å²) in [4.78, 5) is 36.4. The van der Waals surface area contributed by atoms with E-state index in [1.54, 1.807) is 48.5 Å². The predicted octanol–water partition coefficient (Wildman–Crippen LogP) is 3.52. The minimum Gasteiger partial charge on any atom is -0.481 e. The van der Waals surface area contributed by atoms with Crippen LogP contribution >= 0.6 is 0 Å². The minimum absolute atomic E-state index is 0.133. The van der Waals surface area contributed by atoms with Crippen LogP contribution in [-0.4, -0.2) is 27.9 Å². The maximum Gasteiger partial charge on any atom is 0.332 e. The number of hydrogen-bond acceptors (Lipinski definition) is 3. The quantitative estimate of drug-likeness (QED) is 0.560. The molecule has 0 aliphatic rings. The van der Waals surface area contributed by atoms with Crippen molar-refractivity contribution in [2.75, 3.05) is 0 Å². The summed E-state index contributed by atoms with van der Waals surface area (Å²) < 4.78 is 0. The standard InChI is InChI=1S/C21H20O5/c1-14-7-6-10-17(11-14)18(22)13-21(20(25)26,15(2)19(23)24)12-16-8-4-3-5-9-16/h3-11H,2,12-13H2,1H3,(H,23,24)(H,25,26).